The van der Waals surface area contributed by atoms with Crippen LogP contribution in [0, 0.1) is 0 Å². The van der Waals surface area contributed by atoms with E-state index in [-0.39, 0.29) is 23.9 Å². The molecular weight excluding hydrogens is 394 g/mol. The van der Waals surface area contributed by atoms with Crippen LogP contribution in [-0.4, -0.2) is 47.6 Å². The molecule has 1 aromatic heterocycles. The monoisotopic (exact) mass is 425 g/mol. The van der Waals surface area contributed by atoms with Gasteiger partial charge in [0.05, 0.1) is 37.6 Å². The highest BCUT2D eigenvalue weighted by Gasteiger charge is 2.32. The van der Waals surface area contributed by atoms with E-state index in [1.807, 2.05) is 40.7 Å². The number of rotatable bonds is 6. The zero-order chi connectivity index (χ0) is 22.0. The first-order chi connectivity index (χ1) is 15.0. The molecule has 1 aromatic carbocycles. The molecule has 0 saturated carbocycles. The minimum absolute atomic E-state index is 0.00870. The van der Waals surface area contributed by atoms with Gasteiger partial charge in [-0.3, -0.25) is 9.59 Å². The Bertz CT molecular complexity index is 950. The van der Waals surface area contributed by atoms with Crippen LogP contribution in [0.3, 0.4) is 0 Å². The fraction of sp³-hybridized carbons (Fsp3) is 0.500. The van der Waals surface area contributed by atoms with Crippen molar-refractivity contribution in [2.24, 2.45) is 0 Å². The van der Waals surface area contributed by atoms with Crippen LogP contribution in [0.2, 0.25) is 0 Å². The lowest BCUT2D eigenvalue weighted by Gasteiger charge is -2.24. The Hall–Kier alpha value is -2.80. The molecule has 7 heteroatoms. The van der Waals surface area contributed by atoms with Crippen LogP contribution < -0.4 is 10.1 Å². The van der Waals surface area contributed by atoms with Crippen molar-refractivity contribution < 1.29 is 19.1 Å². The number of hydrogen-bond acceptors (Lipinski definition) is 4. The molecular formula is C24H31N3O4. The van der Waals surface area contributed by atoms with E-state index >= 15 is 0 Å². The molecule has 0 bridgehead atoms. The third-order valence-corrected chi connectivity index (χ3v) is 6.42. The number of ether oxygens (including phenoxy) is 2. The molecule has 1 saturated heterocycles. The van der Waals surface area contributed by atoms with Gasteiger partial charge in [-0.25, -0.2) is 0 Å². The van der Waals surface area contributed by atoms with Crippen molar-refractivity contribution in [2.75, 3.05) is 20.3 Å². The van der Waals surface area contributed by atoms with Gasteiger partial charge in [0.25, 0.3) is 11.8 Å². The zero-order valence-electron chi connectivity index (χ0n) is 18.5. The largest absolute Gasteiger partial charge is 0.497 e. The van der Waals surface area contributed by atoms with Crippen molar-refractivity contribution in [3.05, 3.63) is 52.8 Å². The first-order valence-corrected chi connectivity index (χ1v) is 11.1. The number of likely N-dealkylation sites (tertiary alicyclic amines) is 1. The highest BCUT2D eigenvalue weighted by Crippen LogP contribution is 2.27. The number of hydrogen-bond donors (Lipinski definition) is 1. The summed E-state index contributed by atoms with van der Waals surface area (Å²) in [6.45, 7) is 6.36. The average Bonchev–Trinajstić information content (AvgIpc) is 3.41. The minimum Gasteiger partial charge on any atom is -0.497 e. The van der Waals surface area contributed by atoms with Gasteiger partial charge >= 0.3 is 0 Å². The predicted octanol–water partition coefficient (Wildman–Crippen LogP) is 3.53. The standard InChI is InChI=1S/C24H31N3O4/c1-4-20(17-7-9-18(30-3)10-8-17)25-23(28)19-14-21(27-12-13-31-15-22(19)27)24(29)26-11-5-6-16(26)2/h7-10,14,16,20H,4-6,11-13,15H2,1-3H3,(H,25,28). The summed E-state index contributed by atoms with van der Waals surface area (Å²) in [5.41, 5.74) is 2.92. The second-order valence-corrected chi connectivity index (χ2v) is 8.29. The van der Waals surface area contributed by atoms with Crippen molar-refractivity contribution in [2.45, 2.75) is 58.3 Å². The molecule has 166 valence electrons. The molecule has 2 amide bonds. The summed E-state index contributed by atoms with van der Waals surface area (Å²) in [4.78, 5) is 28.4. The van der Waals surface area contributed by atoms with Crippen molar-refractivity contribution in [3.63, 3.8) is 0 Å². The molecule has 3 heterocycles. The lowest BCUT2D eigenvalue weighted by molar-refractivity contribution is 0.0683. The van der Waals surface area contributed by atoms with E-state index in [4.69, 9.17) is 9.47 Å². The summed E-state index contributed by atoms with van der Waals surface area (Å²) in [6.07, 6.45) is 2.80. The van der Waals surface area contributed by atoms with E-state index < -0.39 is 0 Å². The molecule has 2 atom stereocenters. The molecule has 0 spiro atoms. The number of carbonyl (C=O) groups excluding carboxylic acids is 2. The van der Waals surface area contributed by atoms with Crippen LogP contribution in [0.25, 0.3) is 0 Å². The SMILES string of the molecule is CCC(NC(=O)c1cc(C(=O)N2CCCC2C)n2c1COCC2)c1ccc(OC)cc1. The number of fused-ring (bicyclic) bond motifs is 1. The Morgan fingerprint density at radius 3 is 2.68 bits per heavy atom. The lowest BCUT2D eigenvalue weighted by atomic mass is 10.0. The Kier molecular flexibility index (Phi) is 6.32. The third kappa shape index (κ3) is 4.19. The van der Waals surface area contributed by atoms with Gasteiger partial charge in [0.2, 0.25) is 0 Å². The van der Waals surface area contributed by atoms with Gasteiger partial charge in [-0.2, -0.15) is 0 Å². The summed E-state index contributed by atoms with van der Waals surface area (Å²) in [5, 5.41) is 3.14. The number of benzene rings is 1. The Morgan fingerprint density at radius 1 is 1.26 bits per heavy atom. The smallest absolute Gasteiger partial charge is 0.270 e. The third-order valence-electron chi connectivity index (χ3n) is 6.42. The summed E-state index contributed by atoms with van der Waals surface area (Å²) in [5.74, 6) is 0.614. The number of aromatic nitrogens is 1. The molecule has 2 aliphatic rings. The van der Waals surface area contributed by atoms with Gasteiger partial charge in [0.1, 0.15) is 11.4 Å². The van der Waals surface area contributed by atoms with E-state index in [2.05, 4.69) is 12.2 Å². The van der Waals surface area contributed by atoms with Crippen molar-refractivity contribution in [1.29, 1.82) is 0 Å². The van der Waals surface area contributed by atoms with Crippen molar-refractivity contribution >= 4 is 11.8 Å². The molecule has 7 nitrogen and oxygen atoms in total. The number of nitrogens with one attached hydrogen (secondary N) is 1. The molecule has 0 radical (unpaired) electrons. The molecule has 1 N–H and O–H groups in total. The highest BCUT2D eigenvalue weighted by atomic mass is 16.5. The minimum atomic E-state index is -0.176. The molecule has 2 aromatic rings. The van der Waals surface area contributed by atoms with Gasteiger partial charge in [0, 0.05) is 19.1 Å². The molecule has 1 fully saturated rings. The van der Waals surface area contributed by atoms with E-state index in [0.717, 1.165) is 42.8 Å². The quantitative estimate of drug-likeness (QED) is 0.769. The summed E-state index contributed by atoms with van der Waals surface area (Å²) < 4.78 is 12.8. The normalized spacial score (nSPS) is 19.1. The molecule has 31 heavy (non-hydrogen) atoms. The topological polar surface area (TPSA) is 72.8 Å². The average molecular weight is 426 g/mol. The van der Waals surface area contributed by atoms with Gasteiger partial charge in [-0.15, -0.1) is 0 Å². The number of nitrogens with zero attached hydrogens (tertiary/aromatic N) is 2. The van der Waals surface area contributed by atoms with Crippen LogP contribution >= 0.6 is 0 Å². The number of carbonyl (C=O) groups is 2. The maximum atomic E-state index is 13.3. The summed E-state index contributed by atoms with van der Waals surface area (Å²) in [6, 6.07) is 9.59. The Balaban J connectivity index is 1.60. The maximum absolute atomic E-state index is 13.3. The van der Waals surface area contributed by atoms with Crippen LogP contribution in [0.5, 0.6) is 5.75 Å². The molecule has 0 aliphatic carbocycles. The van der Waals surface area contributed by atoms with Crippen LogP contribution in [-0.2, 0) is 17.9 Å². The summed E-state index contributed by atoms with van der Waals surface area (Å²) in [7, 11) is 1.63. The van der Waals surface area contributed by atoms with E-state index in [0.29, 0.717) is 31.0 Å². The summed E-state index contributed by atoms with van der Waals surface area (Å²) >= 11 is 0. The lowest BCUT2D eigenvalue weighted by Crippen LogP contribution is -2.35. The first kappa shape index (κ1) is 21.4. The van der Waals surface area contributed by atoms with E-state index in [1.165, 1.54) is 0 Å². The van der Waals surface area contributed by atoms with Crippen molar-refractivity contribution in [3.8, 4) is 5.75 Å². The van der Waals surface area contributed by atoms with E-state index in [9.17, 15) is 9.59 Å². The molecule has 2 unspecified atom stereocenters. The van der Waals surface area contributed by atoms with Gasteiger partial charge in [0.15, 0.2) is 0 Å². The Labute approximate surface area is 183 Å². The second kappa shape index (κ2) is 9.14. The second-order valence-electron chi connectivity index (χ2n) is 8.29. The fourth-order valence-corrected chi connectivity index (χ4v) is 4.57. The van der Waals surface area contributed by atoms with E-state index in [1.54, 1.807) is 13.2 Å². The zero-order valence-corrected chi connectivity index (χ0v) is 18.5. The van der Waals surface area contributed by atoms with Gasteiger partial charge in [-0.1, -0.05) is 19.1 Å². The van der Waals surface area contributed by atoms with Crippen LogP contribution in [0.4, 0.5) is 0 Å². The highest BCUT2D eigenvalue weighted by molar-refractivity contribution is 6.01. The Morgan fingerprint density at radius 2 is 2.03 bits per heavy atom. The first-order valence-electron chi connectivity index (χ1n) is 11.1. The van der Waals surface area contributed by atoms with Crippen LogP contribution in [0.15, 0.2) is 30.3 Å². The van der Waals surface area contributed by atoms with Crippen LogP contribution in [0.1, 0.15) is 71.3 Å². The molecule has 2 aliphatic heterocycles. The van der Waals surface area contributed by atoms with Gasteiger partial charge in [-0.05, 0) is 49.9 Å². The van der Waals surface area contributed by atoms with Gasteiger partial charge < -0.3 is 24.3 Å². The number of amides is 2. The maximum Gasteiger partial charge on any atom is 0.270 e. The predicted molar refractivity (Wildman–Crippen MR) is 117 cm³/mol. The van der Waals surface area contributed by atoms with Crippen molar-refractivity contribution in [1.82, 2.24) is 14.8 Å². The molecule has 4 rings (SSSR count). The fourth-order valence-electron chi connectivity index (χ4n) is 4.57. The number of methoxy groups -OCH3 is 1.